The van der Waals surface area contributed by atoms with E-state index < -0.39 is 0 Å². The topological polar surface area (TPSA) is 55.3 Å². The molecular formula is C10H17N3O. The predicted octanol–water partition coefficient (Wildman–Crippen LogP) is 1.54. The lowest BCUT2D eigenvalue weighted by Crippen LogP contribution is -2.24. The molecule has 0 saturated heterocycles. The molecule has 0 unspecified atom stereocenters. The van der Waals surface area contributed by atoms with Crippen LogP contribution in [0.25, 0.3) is 0 Å². The molecule has 0 saturated carbocycles. The van der Waals surface area contributed by atoms with Crippen molar-refractivity contribution >= 4 is 6.01 Å². The van der Waals surface area contributed by atoms with Crippen LogP contribution in [-0.4, -0.2) is 18.1 Å². The molecule has 0 atom stereocenters. The van der Waals surface area contributed by atoms with Crippen LogP contribution in [0, 0.1) is 0 Å². The zero-order valence-electron chi connectivity index (χ0n) is 8.79. The van der Waals surface area contributed by atoms with E-state index in [4.69, 9.17) is 10.2 Å². The molecule has 0 bridgehead atoms. The monoisotopic (exact) mass is 195 g/mol. The normalized spacial score (nSPS) is 10.2. The number of hydrogen-bond donors (Lipinski definition) is 1. The van der Waals surface area contributed by atoms with Crippen LogP contribution in [0.4, 0.5) is 6.01 Å². The molecule has 1 aromatic rings. The average Bonchev–Trinajstić information content (AvgIpc) is 2.62. The molecule has 0 spiro atoms. The minimum atomic E-state index is 0.411. The number of aromatic nitrogens is 1. The number of rotatable bonds is 5. The van der Waals surface area contributed by atoms with E-state index in [0.717, 1.165) is 24.4 Å². The van der Waals surface area contributed by atoms with Gasteiger partial charge in [0.15, 0.2) is 0 Å². The molecule has 14 heavy (non-hydrogen) atoms. The van der Waals surface area contributed by atoms with Crippen LogP contribution in [0.15, 0.2) is 22.8 Å². The summed E-state index contributed by atoms with van der Waals surface area (Å²) in [5.74, 6) is 0. The van der Waals surface area contributed by atoms with Gasteiger partial charge in [0.1, 0.15) is 6.26 Å². The first-order valence-corrected chi connectivity index (χ1v) is 4.71. The largest absolute Gasteiger partial charge is 0.432 e. The van der Waals surface area contributed by atoms with E-state index in [-0.39, 0.29) is 0 Å². The minimum absolute atomic E-state index is 0.411. The van der Waals surface area contributed by atoms with Gasteiger partial charge >= 0.3 is 0 Å². The summed E-state index contributed by atoms with van der Waals surface area (Å²) in [7, 11) is 0. The van der Waals surface area contributed by atoms with Gasteiger partial charge in [-0.25, -0.2) is 0 Å². The number of oxazole rings is 1. The van der Waals surface area contributed by atoms with Crippen LogP contribution in [0.3, 0.4) is 0 Å². The van der Waals surface area contributed by atoms with Gasteiger partial charge in [-0.15, -0.1) is 0 Å². The van der Waals surface area contributed by atoms with Crippen molar-refractivity contribution in [2.75, 3.05) is 18.0 Å². The van der Waals surface area contributed by atoms with Crippen LogP contribution < -0.4 is 10.6 Å². The highest BCUT2D eigenvalue weighted by Crippen LogP contribution is 2.14. The zero-order valence-corrected chi connectivity index (χ0v) is 8.79. The van der Waals surface area contributed by atoms with Crippen molar-refractivity contribution in [3.05, 3.63) is 24.1 Å². The molecule has 4 heteroatoms. The number of likely N-dealkylation sites (N-methyl/N-ethyl adjacent to an activating group) is 1. The number of nitrogens with zero attached hydrogens (tertiary/aromatic N) is 2. The highest BCUT2D eigenvalue weighted by atomic mass is 16.4. The fourth-order valence-corrected chi connectivity index (χ4v) is 1.18. The average molecular weight is 195 g/mol. The predicted molar refractivity (Wildman–Crippen MR) is 57.1 cm³/mol. The van der Waals surface area contributed by atoms with Gasteiger partial charge in [0.05, 0.1) is 5.69 Å². The van der Waals surface area contributed by atoms with Gasteiger partial charge in [0, 0.05) is 19.6 Å². The van der Waals surface area contributed by atoms with Crippen molar-refractivity contribution in [1.82, 2.24) is 4.98 Å². The summed E-state index contributed by atoms with van der Waals surface area (Å²) >= 11 is 0. The highest BCUT2D eigenvalue weighted by Gasteiger charge is 2.10. The van der Waals surface area contributed by atoms with E-state index >= 15 is 0 Å². The maximum absolute atomic E-state index is 5.45. The molecule has 0 aromatic carbocycles. The zero-order chi connectivity index (χ0) is 10.6. The Morgan fingerprint density at radius 3 is 2.86 bits per heavy atom. The maximum atomic E-state index is 5.45. The fraction of sp³-hybridized carbons (Fsp3) is 0.500. The molecule has 4 nitrogen and oxygen atoms in total. The molecule has 0 fully saturated rings. The van der Waals surface area contributed by atoms with Gasteiger partial charge in [-0.1, -0.05) is 12.2 Å². The smallest absolute Gasteiger partial charge is 0.297 e. The first-order valence-electron chi connectivity index (χ1n) is 4.71. The second kappa shape index (κ2) is 4.81. The number of anilines is 1. The Labute approximate surface area is 84.4 Å². The van der Waals surface area contributed by atoms with Crippen molar-refractivity contribution < 1.29 is 4.42 Å². The van der Waals surface area contributed by atoms with E-state index in [1.54, 1.807) is 6.26 Å². The molecule has 0 amide bonds. The summed E-state index contributed by atoms with van der Waals surface area (Å²) in [6.07, 6.45) is 1.59. The summed E-state index contributed by atoms with van der Waals surface area (Å²) in [6, 6.07) is 0.621. The molecule has 1 rings (SSSR count). The Balaban J connectivity index is 2.73. The quantitative estimate of drug-likeness (QED) is 0.724. The highest BCUT2D eigenvalue weighted by molar-refractivity contribution is 5.29. The summed E-state index contributed by atoms with van der Waals surface area (Å²) in [5, 5.41) is 0. The van der Waals surface area contributed by atoms with Crippen LogP contribution in [0.5, 0.6) is 0 Å². The minimum Gasteiger partial charge on any atom is -0.432 e. The second-order valence-electron chi connectivity index (χ2n) is 3.30. The van der Waals surface area contributed by atoms with Crippen molar-refractivity contribution in [2.45, 2.75) is 20.4 Å². The van der Waals surface area contributed by atoms with E-state index in [9.17, 15) is 0 Å². The van der Waals surface area contributed by atoms with Crippen LogP contribution in [-0.2, 0) is 6.54 Å². The first kappa shape index (κ1) is 10.8. The van der Waals surface area contributed by atoms with Crippen LogP contribution >= 0.6 is 0 Å². The first-order chi connectivity index (χ1) is 6.67. The standard InChI is InChI=1S/C10H17N3O/c1-4-13(6-8(2)3)10-12-9(5-11)7-14-10/h7H,2,4-6,11H2,1,3H3. The Kier molecular flexibility index (Phi) is 3.71. The molecule has 0 radical (unpaired) electrons. The van der Waals surface area contributed by atoms with Gasteiger partial charge in [-0.2, -0.15) is 4.98 Å². The van der Waals surface area contributed by atoms with Crippen molar-refractivity contribution in [2.24, 2.45) is 5.73 Å². The van der Waals surface area contributed by atoms with Gasteiger partial charge in [-0.05, 0) is 13.8 Å². The van der Waals surface area contributed by atoms with Crippen LogP contribution in [0.2, 0.25) is 0 Å². The SMILES string of the molecule is C=C(C)CN(CC)c1nc(CN)co1. The van der Waals surface area contributed by atoms with Gasteiger partial charge in [-0.3, -0.25) is 0 Å². The molecule has 0 aliphatic heterocycles. The molecular weight excluding hydrogens is 178 g/mol. The fourth-order valence-electron chi connectivity index (χ4n) is 1.18. The van der Waals surface area contributed by atoms with Gasteiger partial charge in [0.25, 0.3) is 6.01 Å². The van der Waals surface area contributed by atoms with Crippen LogP contribution in [0.1, 0.15) is 19.5 Å². The van der Waals surface area contributed by atoms with E-state index in [0.29, 0.717) is 12.6 Å². The molecule has 0 aliphatic rings. The summed E-state index contributed by atoms with van der Waals surface area (Å²) < 4.78 is 5.30. The summed E-state index contributed by atoms with van der Waals surface area (Å²) in [6.45, 7) is 9.91. The van der Waals surface area contributed by atoms with Crippen molar-refractivity contribution in [3.63, 3.8) is 0 Å². The number of hydrogen-bond acceptors (Lipinski definition) is 4. The molecule has 0 aliphatic carbocycles. The number of nitrogens with two attached hydrogens (primary N) is 1. The van der Waals surface area contributed by atoms with Gasteiger partial charge in [0.2, 0.25) is 0 Å². The lowest BCUT2D eigenvalue weighted by molar-refractivity contribution is 0.540. The van der Waals surface area contributed by atoms with E-state index in [2.05, 4.69) is 18.5 Å². The molecule has 2 N–H and O–H groups in total. The van der Waals surface area contributed by atoms with E-state index in [1.807, 2.05) is 11.8 Å². The molecule has 1 aromatic heterocycles. The second-order valence-corrected chi connectivity index (χ2v) is 3.30. The Bertz CT molecular complexity index is 306. The van der Waals surface area contributed by atoms with E-state index in [1.165, 1.54) is 0 Å². The molecule has 78 valence electrons. The van der Waals surface area contributed by atoms with Crippen molar-refractivity contribution in [3.8, 4) is 0 Å². The Hall–Kier alpha value is -1.29. The lowest BCUT2D eigenvalue weighted by atomic mass is 10.3. The van der Waals surface area contributed by atoms with Gasteiger partial charge < -0.3 is 15.1 Å². The third kappa shape index (κ3) is 2.60. The summed E-state index contributed by atoms with van der Waals surface area (Å²) in [4.78, 5) is 6.26. The lowest BCUT2D eigenvalue weighted by Gasteiger charge is -2.17. The molecule has 1 heterocycles. The third-order valence-corrected chi connectivity index (χ3v) is 1.86. The Morgan fingerprint density at radius 2 is 2.43 bits per heavy atom. The maximum Gasteiger partial charge on any atom is 0.297 e. The third-order valence-electron chi connectivity index (χ3n) is 1.86. The summed E-state index contributed by atoms with van der Waals surface area (Å²) in [5.41, 5.74) is 7.31. The van der Waals surface area contributed by atoms with Crippen molar-refractivity contribution in [1.29, 1.82) is 0 Å². The Morgan fingerprint density at radius 1 is 1.71 bits per heavy atom.